The van der Waals surface area contributed by atoms with Crippen LogP contribution in [0.5, 0.6) is 0 Å². The number of nitrogens with one attached hydrogen (secondary N) is 2. The van der Waals surface area contributed by atoms with E-state index in [-0.39, 0.29) is 11.7 Å². The van der Waals surface area contributed by atoms with Crippen molar-refractivity contribution in [3.05, 3.63) is 76.5 Å². The minimum absolute atomic E-state index is 0.187. The van der Waals surface area contributed by atoms with Gasteiger partial charge in [-0.25, -0.2) is 9.37 Å². The van der Waals surface area contributed by atoms with Gasteiger partial charge in [0.15, 0.2) is 0 Å². The molecule has 0 aliphatic carbocycles. The summed E-state index contributed by atoms with van der Waals surface area (Å²) < 4.78 is 13.1. The third kappa shape index (κ3) is 4.46. The molecule has 1 aliphatic heterocycles. The second-order valence-electron chi connectivity index (χ2n) is 7.13. The topological polar surface area (TPSA) is 46.4 Å². The van der Waals surface area contributed by atoms with E-state index in [1.807, 2.05) is 6.07 Å². The number of likely N-dealkylation sites (tertiary alicyclic amines) is 1. The molecular weight excluding hydrogens is 373 g/mol. The Morgan fingerprint density at radius 1 is 1.07 bits per heavy atom. The molecule has 2 heterocycles. The smallest absolute Gasteiger partial charge is 0.271 e. The molecule has 2 N–H and O–H groups in total. The van der Waals surface area contributed by atoms with Crippen molar-refractivity contribution in [2.24, 2.45) is 0 Å². The van der Waals surface area contributed by atoms with Crippen molar-refractivity contribution in [2.75, 3.05) is 13.1 Å². The van der Waals surface area contributed by atoms with Crippen molar-refractivity contribution in [3.63, 3.8) is 0 Å². The van der Waals surface area contributed by atoms with Gasteiger partial charge in [-0.05, 0) is 29.8 Å². The molecular formula is C22H23FN3OS+. The van der Waals surface area contributed by atoms with Gasteiger partial charge in [0.25, 0.3) is 5.91 Å². The Kier molecular flexibility index (Phi) is 5.78. The van der Waals surface area contributed by atoms with Crippen molar-refractivity contribution in [1.82, 2.24) is 10.3 Å². The van der Waals surface area contributed by atoms with Crippen LogP contribution in [0.25, 0.3) is 10.6 Å². The lowest BCUT2D eigenvalue weighted by atomic mass is 10.1. The van der Waals surface area contributed by atoms with Crippen LogP contribution in [0.15, 0.2) is 53.9 Å². The summed E-state index contributed by atoms with van der Waals surface area (Å²) in [4.78, 5) is 18.6. The molecule has 0 unspecified atom stereocenters. The predicted molar refractivity (Wildman–Crippen MR) is 109 cm³/mol. The number of thiazole rings is 1. The van der Waals surface area contributed by atoms with E-state index in [1.54, 1.807) is 22.4 Å². The first-order valence-electron chi connectivity index (χ1n) is 9.59. The molecule has 1 saturated heterocycles. The summed E-state index contributed by atoms with van der Waals surface area (Å²) in [7, 11) is 0. The Bertz CT molecular complexity index is 948. The second-order valence-corrected chi connectivity index (χ2v) is 7.99. The fraction of sp³-hybridized carbons (Fsp3) is 0.273. The first-order valence-corrected chi connectivity index (χ1v) is 10.5. The van der Waals surface area contributed by atoms with Gasteiger partial charge in [-0.3, -0.25) is 4.79 Å². The van der Waals surface area contributed by atoms with E-state index < -0.39 is 0 Å². The average molecular weight is 397 g/mol. The molecule has 3 aromatic rings. The molecule has 4 nitrogen and oxygen atoms in total. The monoisotopic (exact) mass is 396 g/mol. The molecule has 0 spiro atoms. The highest BCUT2D eigenvalue weighted by Crippen LogP contribution is 2.24. The number of carbonyl (C=O) groups is 1. The summed E-state index contributed by atoms with van der Waals surface area (Å²) in [6.45, 7) is 3.96. The molecule has 4 rings (SSSR count). The molecule has 1 fully saturated rings. The fourth-order valence-electron chi connectivity index (χ4n) is 3.59. The van der Waals surface area contributed by atoms with Gasteiger partial charge in [0.05, 0.1) is 13.1 Å². The molecule has 0 bridgehead atoms. The Morgan fingerprint density at radius 2 is 1.79 bits per heavy atom. The van der Waals surface area contributed by atoms with Crippen LogP contribution in [0.3, 0.4) is 0 Å². The number of quaternary nitrogens is 1. The van der Waals surface area contributed by atoms with Gasteiger partial charge in [0.2, 0.25) is 0 Å². The molecule has 1 aliphatic rings. The van der Waals surface area contributed by atoms with Crippen molar-refractivity contribution in [3.8, 4) is 10.6 Å². The molecule has 28 heavy (non-hydrogen) atoms. The molecule has 144 valence electrons. The van der Waals surface area contributed by atoms with Gasteiger partial charge in [0, 0.05) is 35.9 Å². The molecule has 2 aromatic carbocycles. The minimum Gasteiger partial charge on any atom is -0.347 e. The molecule has 1 aromatic heterocycles. The number of carbonyl (C=O) groups excluding carboxylic acids is 1. The van der Waals surface area contributed by atoms with Crippen LogP contribution in [0, 0.1) is 5.82 Å². The number of amides is 1. The Labute approximate surface area is 168 Å². The maximum atomic E-state index is 13.1. The lowest BCUT2D eigenvalue weighted by Crippen LogP contribution is -3.08. The van der Waals surface area contributed by atoms with E-state index in [0.29, 0.717) is 17.2 Å². The number of aromatic nitrogens is 1. The van der Waals surface area contributed by atoms with Crippen LogP contribution < -0.4 is 10.2 Å². The van der Waals surface area contributed by atoms with Crippen LogP contribution in [-0.4, -0.2) is 24.0 Å². The number of halogens is 1. The van der Waals surface area contributed by atoms with Gasteiger partial charge in [-0.2, -0.15) is 0 Å². The largest absolute Gasteiger partial charge is 0.347 e. The van der Waals surface area contributed by atoms with Crippen LogP contribution in [-0.2, 0) is 13.1 Å². The first kappa shape index (κ1) is 18.8. The average Bonchev–Trinajstić information content (AvgIpc) is 3.40. The molecule has 0 radical (unpaired) electrons. The maximum absolute atomic E-state index is 13.1. The highest BCUT2D eigenvalue weighted by molar-refractivity contribution is 7.13. The van der Waals surface area contributed by atoms with Gasteiger partial charge in [0.1, 0.15) is 23.1 Å². The normalized spacial score (nSPS) is 14.3. The summed E-state index contributed by atoms with van der Waals surface area (Å²) in [6.07, 6.45) is 2.60. The van der Waals surface area contributed by atoms with Gasteiger partial charge >= 0.3 is 0 Å². The highest BCUT2D eigenvalue weighted by Gasteiger charge is 2.18. The van der Waals surface area contributed by atoms with Gasteiger partial charge < -0.3 is 10.2 Å². The molecule has 0 saturated carbocycles. The Morgan fingerprint density at radius 3 is 2.54 bits per heavy atom. The second kappa shape index (κ2) is 8.63. The van der Waals surface area contributed by atoms with Crippen LogP contribution in [0.2, 0.25) is 0 Å². The van der Waals surface area contributed by atoms with Crippen molar-refractivity contribution >= 4 is 17.2 Å². The molecule has 6 heteroatoms. The summed E-state index contributed by atoms with van der Waals surface area (Å²) in [5.74, 6) is -0.472. The van der Waals surface area contributed by atoms with Gasteiger partial charge in [-0.1, -0.05) is 24.3 Å². The lowest BCUT2D eigenvalue weighted by Gasteiger charge is -2.15. The van der Waals surface area contributed by atoms with E-state index in [0.717, 1.165) is 17.7 Å². The highest BCUT2D eigenvalue weighted by atomic mass is 32.1. The van der Waals surface area contributed by atoms with E-state index in [2.05, 4.69) is 28.5 Å². The summed E-state index contributed by atoms with van der Waals surface area (Å²) in [5, 5.41) is 5.45. The number of nitrogens with zero attached hydrogens (tertiary/aromatic N) is 1. The van der Waals surface area contributed by atoms with E-state index in [4.69, 9.17) is 0 Å². The van der Waals surface area contributed by atoms with E-state index >= 15 is 0 Å². The lowest BCUT2D eigenvalue weighted by molar-refractivity contribution is -0.901. The van der Waals surface area contributed by atoms with Gasteiger partial charge in [-0.15, -0.1) is 11.3 Å². The third-order valence-electron chi connectivity index (χ3n) is 5.14. The number of hydrogen-bond donors (Lipinski definition) is 2. The minimum atomic E-state index is -0.285. The summed E-state index contributed by atoms with van der Waals surface area (Å²) in [6, 6.07) is 14.5. The standard InChI is InChI=1S/C22H22FN3OS/c23-19-9-7-16(8-10-19)22-25-20(15-28-22)21(27)24-13-17-5-1-2-6-18(17)14-26-11-3-4-12-26/h1-2,5-10,15H,3-4,11-14H2,(H,24,27)/p+1. The Hall–Kier alpha value is -2.57. The molecule has 1 amide bonds. The van der Waals surface area contributed by atoms with Crippen LogP contribution in [0.4, 0.5) is 4.39 Å². The van der Waals surface area contributed by atoms with E-state index in [1.165, 1.54) is 55.0 Å². The third-order valence-corrected chi connectivity index (χ3v) is 6.03. The van der Waals surface area contributed by atoms with Crippen molar-refractivity contribution in [2.45, 2.75) is 25.9 Å². The maximum Gasteiger partial charge on any atom is 0.271 e. The molecule has 0 atom stereocenters. The number of hydrogen-bond acceptors (Lipinski definition) is 3. The van der Waals surface area contributed by atoms with Crippen molar-refractivity contribution in [1.29, 1.82) is 0 Å². The first-order chi connectivity index (χ1) is 13.7. The van der Waals surface area contributed by atoms with E-state index in [9.17, 15) is 9.18 Å². The predicted octanol–water partition coefficient (Wildman–Crippen LogP) is 3.06. The quantitative estimate of drug-likeness (QED) is 0.673. The zero-order valence-corrected chi connectivity index (χ0v) is 16.4. The Balaban J connectivity index is 1.40. The number of rotatable bonds is 6. The summed E-state index contributed by atoms with van der Waals surface area (Å²) >= 11 is 1.39. The zero-order valence-electron chi connectivity index (χ0n) is 15.6. The van der Waals surface area contributed by atoms with Crippen LogP contribution in [0.1, 0.15) is 34.5 Å². The zero-order chi connectivity index (χ0) is 19.3. The SMILES string of the molecule is O=C(NCc1ccccc1C[NH+]1CCCC1)c1csc(-c2ccc(F)cc2)n1. The summed E-state index contributed by atoms with van der Waals surface area (Å²) in [5.41, 5.74) is 3.66. The van der Waals surface area contributed by atoms with Crippen LogP contribution >= 0.6 is 11.3 Å². The number of benzene rings is 2. The van der Waals surface area contributed by atoms with Crippen molar-refractivity contribution < 1.29 is 14.1 Å². The fourth-order valence-corrected chi connectivity index (χ4v) is 4.40.